The van der Waals surface area contributed by atoms with Crippen LogP contribution in [0.4, 0.5) is 0 Å². The molecule has 0 aliphatic rings. The summed E-state index contributed by atoms with van der Waals surface area (Å²) in [6, 6.07) is 8.01. The normalized spacial score (nSPS) is 11.7. The van der Waals surface area contributed by atoms with E-state index >= 15 is 0 Å². The molecule has 1 aromatic heterocycles. The Hall–Kier alpha value is -1.81. The summed E-state index contributed by atoms with van der Waals surface area (Å²) in [6.07, 6.45) is 2.07. The molecule has 0 unspecified atom stereocenters. The molecule has 1 aromatic carbocycles. The predicted molar refractivity (Wildman–Crippen MR) is 81.8 cm³/mol. The van der Waals surface area contributed by atoms with Crippen LogP contribution >= 0.6 is 0 Å². The number of methoxy groups -OCH3 is 1. The summed E-state index contributed by atoms with van der Waals surface area (Å²) in [7, 11) is 3.63. The maximum atomic E-state index is 5.19. The molecule has 2 rings (SSSR count). The first-order valence-electron chi connectivity index (χ1n) is 6.81. The molecule has 0 spiro atoms. The van der Waals surface area contributed by atoms with E-state index in [0.717, 1.165) is 23.6 Å². The maximum Gasteiger partial charge on any atom is 0.118 e. The second kappa shape index (κ2) is 5.67. The van der Waals surface area contributed by atoms with Gasteiger partial charge in [-0.3, -0.25) is 4.68 Å². The highest BCUT2D eigenvalue weighted by molar-refractivity contribution is 5.63. The summed E-state index contributed by atoms with van der Waals surface area (Å²) in [5.74, 6) is 0.860. The van der Waals surface area contributed by atoms with Crippen molar-refractivity contribution in [1.82, 2.24) is 15.1 Å². The van der Waals surface area contributed by atoms with Gasteiger partial charge in [-0.15, -0.1) is 0 Å². The van der Waals surface area contributed by atoms with E-state index < -0.39 is 0 Å². The molecule has 0 bridgehead atoms. The van der Waals surface area contributed by atoms with Crippen molar-refractivity contribution in [3.8, 4) is 17.0 Å². The third-order valence-corrected chi connectivity index (χ3v) is 3.08. The molecule has 1 heterocycles. The Labute approximate surface area is 120 Å². The van der Waals surface area contributed by atoms with Gasteiger partial charge in [0.25, 0.3) is 0 Å². The molecular formula is C16H23N3O. The highest BCUT2D eigenvalue weighted by Gasteiger charge is 2.14. The molecule has 0 aliphatic carbocycles. The zero-order valence-electron chi connectivity index (χ0n) is 12.9. The molecule has 0 radical (unpaired) electrons. The molecular weight excluding hydrogens is 250 g/mol. The molecule has 0 amide bonds. The monoisotopic (exact) mass is 273 g/mol. The molecule has 1 N–H and O–H groups in total. The standard InChI is InChI=1S/C16H23N3O/c1-16(2,3)17-10-13-11-19(4)18-15(13)12-6-8-14(20-5)9-7-12/h6-9,11,17H,10H2,1-5H3. The lowest BCUT2D eigenvalue weighted by Crippen LogP contribution is -2.35. The van der Waals surface area contributed by atoms with Crippen LogP contribution < -0.4 is 10.1 Å². The molecule has 0 saturated carbocycles. The Morgan fingerprint density at radius 2 is 1.85 bits per heavy atom. The fraction of sp³-hybridized carbons (Fsp3) is 0.438. The van der Waals surface area contributed by atoms with Gasteiger partial charge in [-0.1, -0.05) is 0 Å². The SMILES string of the molecule is COc1ccc(-c2nn(C)cc2CNC(C)(C)C)cc1. The number of rotatable bonds is 4. The molecule has 0 aliphatic heterocycles. The fourth-order valence-electron chi connectivity index (χ4n) is 2.02. The van der Waals surface area contributed by atoms with Gasteiger partial charge in [0.2, 0.25) is 0 Å². The van der Waals surface area contributed by atoms with Crippen molar-refractivity contribution in [3.05, 3.63) is 36.0 Å². The third kappa shape index (κ3) is 3.61. The van der Waals surface area contributed by atoms with Crippen molar-refractivity contribution in [2.75, 3.05) is 7.11 Å². The van der Waals surface area contributed by atoms with Crippen LogP contribution in [0.1, 0.15) is 26.3 Å². The van der Waals surface area contributed by atoms with Crippen molar-refractivity contribution < 1.29 is 4.74 Å². The first-order valence-corrected chi connectivity index (χ1v) is 6.81. The van der Waals surface area contributed by atoms with E-state index in [-0.39, 0.29) is 5.54 Å². The summed E-state index contributed by atoms with van der Waals surface area (Å²) in [5.41, 5.74) is 3.42. The molecule has 0 atom stereocenters. The van der Waals surface area contributed by atoms with Crippen molar-refractivity contribution in [2.24, 2.45) is 7.05 Å². The van der Waals surface area contributed by atoms with Gasteiger partial charge in [-0.2, -0.15) is 5.10 Å². The van der Waals surface area contributed by atoms with Gasteiger partial charge in [0.15, 0.2) is 0 Å². The highest BCUT2D eigenvalue weighted by atomic mass is 16.5. The first kappa shape index (κ1) is 14.6. The van der Waals surface area contributed by atoms with Crippen LogP contribution in [-0.4, -0.2) is 22.4 Å². The lowest BCUT2D eigenvalue weighted by molar-refractivity contribution is 0.415. The second-order valence-corrected chi connectivity index (χ2v) is 6.01. The van der Waals surface area contributed by atoms with E-state index in [4.69, 9.17) is 4.74 Å². The van der Waals surface area contributed by atoms with E-state index in [2.05, 4.69) is 37.4 Å². The number of aromatic nitrogens is 2. The van der Waals surface area contributed by atoms with Gasteiger partial charge >= 0.3 is 0 Å². The quantitative estimate of drug-likeness (QED) is 0.931. The maximum absolute atomic E-state index is 5.19. The molecule has 0 saturated heterocycles. The topological polar surface area (TPSA) is 39.1 Å². The van der Waals surface area contributed by atoms with Crippen LogP contribution in [0, 0.1) is 0 Å². The summed E-state index contributed by atoms with van der Waals surface area (Å²) in [5, 5.41) is 8.08. The summed E-state index contributed by atoms with van der Waals surface area (Å²) >= 11 is 0. The van der Waals surface area contributed by atoms with Crippen molar-refractivity contribution >= 4 is 0 Å². The Bertz CT molecular complexity index is 564. The molecule has 20 heavy (non-hydrogen) atoms. The van der Waals surface area contributed by atoms with Crippen LogP contribution in [0.15, 0.2) is 30.5 Å². The average Bonchev–Trinajstić information content (AvgIpc) is 2.77. The minimum Gasteiger partial charge on any atom is -0.497 e. The zero-order chi connectivity index (χ0) is 14.8. The zero-order valence-corrected chi connectivity index (χ0v) is 12.9. The Morgan fingerprint density at radius 1 is 1.20 bits per heavy atom. The largest absolute Gasteiger partial charge is 0.497 e. The van der Waals surface area contributed by atoms with E-state index in [9.17, 15) is 0 Å². The van der Waals surface area contributed by atoms with E-state index in [0.29, 0.717) is 0 Å². The molecule has 2 aromatic rings. The van der Waals surface area contributed by atoms with E-state index in [1.807, 2.05) is 36.0 Å². The predicted octanol–water partition coefficient (Wildman–Crippen LogP) is 2.98. The number of nitrogens with one attached hydrogen (secondary N) is 1. The Morgan fingerprint density at radius 3 is 2.40 bits per heavy atom. The van der Waals surface area contributed by atoms with Gasteiger partial charge < -0.3 is 10.1 Å². The number of nitrogens with zero attached hydrogens (tertiary/aromatic N) is 2. The van der Waals surface area contributed by atoms with Crippen LogP contribution in [0.25, 0.3) is 11.3 Å². The van der Waals surface area contributed by atoms with Gasteiger partial charge in [0, 0.05) is 36.5 Å². The van der Waals surface area contributed by atoms with Crippen molar-refractivity contribution in [3.63, 3.8) is 0 Å². The first-order chi connectivity index (χ1) is 9.39. The van der Waals surface area contributed by atoms with Crippen LogP contribution in [0.5, 0.6) is 5.75 Å². The summed E-state index contributed by atoms with van der Waals surface area (Å²) in [6.45, 7) is 7.29. The van der Waals surface area contributed by atoms with Gasteiger partial charge in [-0.05, 0) is 45.0 Å². The number of hydrogen-bond acceptors (Lipinski definition) is 3. The third-order valence-electron chi connectivity index (χ3n) is 3.08. The highest BCUT2D eigenvalue weighted by Crippen LogP contribution is 2.24. The molecule has 4 nitrogen and oxygen atoms in total. The molecule has 0 fully saturated rings. The van der Waals surface area contributed by atoms with Gasteiger partial charge in [-0.25, -0.2) is 0 Å². The van der Waals surface area contributed by atoms with Crippen LogP contribution in [-0.2, 0) is 13.6 Å². The Balaban J connectivity index is 2.26. The van der Waals surface area contributed by atoms with Crippen LogP contribution in [0.2, 0.25) is 0 Å². The van der Waals surface area contributed by atoms with Crippen molar-refractivity contribution in [2.45, 2.75) is 32.9 Å². The molecule has 4 heteroatoms. The van der Waals surface area contributed by atoms with Crippen LogP contribution in [0.3, 0.4) is 0 Å². The lowest BCUT2D eigenvalue weighted by Gasteiger charge is -2.20. The van der Waals surface area contributed by atoms with E-state index in [1.165, 1.54) is 5.56 Å². The number of hydrogen-bond donors (Lipinski definition) is 1. The Kier molecular flexibility index (Phi) is 4.14. The minimum absolute atomic E-state index is 0.0903. The van der Waals surface area contributed by atoms with Gasteiger partial charge in [0.1, 0.15) is 5.75 Å². The van der Waals surface area contributed by atoms with Gasteiger partial charge in [0.05, 0.1) is 12.8 Å². The summed E-state index contributed by atoms with van der Waals surface area (Å²) in [4.78, 5) is 0. The smallest absolute Gasteiger partial charge is 0.118 e. The second-order valence-electron chi connectivity index (χ2n) is 6.01. The minimum atomic E-state index is 0.0903. The number of ether oxygens (including phenoxy) is 1. The fourth-order valence-corrected chi connectivity index (χ4v) is 2.02. The van der Waals surface area contributed by atoms with E-state index in [1.54, 1.807) is 7.11 Å². The van der Waals surface area contributed by atoms with Crippen molar-refractivity contribution in [1.29, 1.82) is 0 Å². The number of benzene rings is 1. The molecule has 108 valence electrons. The summed E-state index contributed by atoms with van der Waals surface area (Å²) < 4.78 is 7.06. The average molecular weight is 273 g/mol. The lowest BCUT2D eigenvalue weighted by atomic mass is 10.1. The number of aryl methyl sites for hydroxylation is 1.